The zero-order valence-electron chi connectivity index (χ0n) is 13.2. The second kappa shape index (κ2) is 6.33. The van der Waals surface area contributed by atoms with Crippen LogP contribution < -0.4 is 10.9 Å². The highest BCUT2D eigenvalue weighted by atomic mass is 16.5. The van der Waals surface area contributed by atoms with Crippen molar-refractivity contribution in [1.29, 1.82) is 0 Å². The lowest BCUT2D eigenvalue weighted by Crippen LogP contribution is -2.25. The third-order valence-corrected chi connectivity index (χ3v) is 4.00. The third-order valence-electron chi connectivity index (χ3n) is 4.00. The van der Waals surface area contributed by atoms with Crippen molar-refractivity contribution in [2.75, 3.05) is 18.5 Å². The number of aryl methyl sites for hydroxylation is 1. The van der Waals surface area contributed by atoms with Crippen LogP contribution in [0.15, 0.2) is 23.1 Å². The highest BCUT2D eigenvalue weighted by Crippen LogP contribution is 2.20. The number of amides is 1. The molecule has 122 valence electrons. The van der Waals surface area contributed by atoms with Crippen molar-refractivity contribution in [2.45, 2.75) is 32.9 Å². The van der Waals surface area contributed by atoms with Crippen LogP contribution in [0.25, 0.3) is 0 Å². The molecule has 0 aromatic carbocycles. The van der Waals surface area contributed by atoms with Crippen LogP contribution in [0.4, 0.5) is 5.69 Å². The van der Waals surface area contributed by atoms with E-state index >= 15 is 0 Å². The van der Waals surface area contributed by atoms with Crippen molar-refractivity contribution in [3.8, 4) is 0 Å². The minimum absolute atomic E-state index is 0.109. The van der Waals surface area contributed by atoms with Gasteiger partial charge in [0.1, 0.15) is 5.69 Å². The van der Waals surface area contributed by atoms with E-state index < -0.39 is 5.91 Å². The highest BCUT2D eigenvalue weighted by Gasteiger charge is 2.24. The number of hydrogen-bond donors (Lipinski definition) is 1. The summed E-state index contributed by atoms with van der Waals surface area (Å²) in [5, 5.41) is 10.7. The van der Waals surface area contributed by atoms with Crippen molar-refractivity contribution in [3.63, 3.8) is 0 Å². The Labute approximate surface area is 133 Å². The number of nitrogens with one attached hydrogen (secondary N) is 1. The third kappa shape index (κ3) is 2.89. The monoisotopic (exact) mass is 317 g/mol. The molecule has 0 bridgehead atoms. The second-order valence-electron chi connectivity index (χ2n) is 5.45. The van der Waals surface area contributed by atoms with E-state index in [2.05, 4.69) is 15.6 Å². The number of pyridine rings is 1. The molecule has 1 aliphatic rings. The molecule has 1 saturated heterocycles. The summed E-state index contributed by atoms with van der Waals surface area (Å²) >= 11 is 0. The lowest BCUT2D eigenvalue weighted by molar-refractivity contribution is 0.102. The van der Waals surface area contributed by atoms with Crippen LogP contribution in [0.3, 0.4) is 0 Å². The summed E-state index contributed by atoms with van der Waals surface area (Å²) in [5.41, 5.74) is 0.892. The maximum atomic E-state index is 12.4. The fourth-order valence-electron chi connectivity index (χ4n) is 2.67. The van der Waals surface area contributed by atoms with Crippen molar-refractivity contribution in [2.24, 2.45) is 0 Å². The van der Waals surface area contributed by atoms with Crippen molar-refractivity contribution < 1.29 is 9.53 Å². The molecule has 0 saturated carbocycles. The fourth-order valence-corrected chi connectivity index (χ4v) is 2.67. The largest absolute Gasteiger partial charge is 0.379 e. The summed E-state index contributed by atoms with van der Waals surface area (Å²) in [7, 11) is 0. The van der Waals surface area contributed by atoms with Crippen molar-refractivity contribution in [1.82, 2.24) is 19.6 Å². The van der Waals surface area contributed by atoms with E-state index in [9.17, 15) is 9.59 Å². The molecule has 8 nitrogen and oxygen atoms in total. The van der Waals surface area contributed by atoms with Gasteiger partial charge >= 0.3 is 0 Å². The first-order valence-electron chi connectivity index (χ1n) is 7.62. The number of ether oxygens (including phenoxy) is 1. The molecule has 2 aromatic rings. The fraction of sp³-hybridized carbons (Fsp3) is 0.467. The Balaban J connectivity index is 1.83. The summed E-state index contributed by atoms with van der Waals surface area (Å²) in [6, 6.07) is 3.41. The summed E-state index contributed by atoms with van der Waals surface area (Å²) in [4.78, 5) is 24.6. The van der Waals surface area contributed by atoms with Crippen molar-refractivity contribution >= 4 is 11.6 Å². The molecule has 3 heterocycles. The van der Waals surface area contributed by atoms with Crippen LogP contribution in [0.2, 0.25) is 0 Å². The van der Waals surface area contributed by atoms with Gasteiger partial charge in [0.25, 0.3) is 11.5 Å². The predicted molar refractivity (Wildman–Crippen MR) is 83.6 cm³/mol. The van der Waals surface area contributed by atoms with Crippen LogP contribution >= 0.6 is 0 Å². The average molecular weight is 317 g/mol. The van der Waals surface area contributed by atoms with E-state index in [-0.39, 0.29) is 23.0 Å². The van der Waals surface area contributed by atoms with Gasteiger partial charge < -0.3 is 14.6 Å². The Kier molecular flexibility index (Phi) is 4.24. The van der Waals surface area contributed by atoms with Gasteiger partial charge in [0.05, 0.1) is 18.3 Å². The first-order valence-corrected chi connectivity index (χ1v) is 7.62. The van der Waals surface area contributed by atoms with E-state index in [1.807, 2.05) is 6.92 Å². The van der Waals surface area contributed by atoms with E-state index in [0.29, 0.717) is 25.5 Å². The van der Waals surface area contributed by atoms with E-state index in [0.717, 1.165) is 6.42 Å². The molecule has 0 spiro atoms. The smallest absolute Gasteiger partial charge is 0.278 e. The minimum Gasteiger partial charge on any atom is -0.379 e. The molecule has 1 unspecified atom stereocenters. The van der Waals surface area contributed by atoms with Gasteiger partial charge in [-0.15, -0.1) is 5.10 Å². The molecule has 1 amide bonds. The van der Waals surface area contributed by atoms with Crippen LogP contribution in [-0.4, -0.2) is 38.7 Å². The molecule has 8 heteroatoms. The Morgan fingerprint density at radius 1 is 1.52 bits per heavy atom. The van der Waals surface area contributed by atoms with Gasteiger partial charge in [-0.05, 0) is 32.4 Å². The second-order valence-corrected chi connectivity index (χ2v) is 5.45. The minimum atomic E-state index is -0.432. The van der Waals surface area contributed by atoms with Crippen LogP contribution in [-0.2, 0) is 11.3 Å². The lowest BCUT2D eigenvalue weighted by Gasteiger charge is -2.10. The van der Waals surface area contributed by atoms with Gasteiger partial charge in [-0.25, -0.2) is 4.68 Å². The number of carbonyl (C=O) groups is 1. The van der Waals surface area contributed by atoms with Crippen molar-refractivity contribution in [3.05, 3.63) is 40.1 Å². The van der Waals surface area contributed by atoms with Crippen LogP contribution in [0.5, 0.6) is 0 Å². The number of carbonyl (C=O) groups excluding carboxylic acids is 1. The van der Waals surface area contributed by atoms with Gasteiger partial charge in [0, 0.05) is 19.3 Å². The summed E-state index contributed by atoms with van der Waals surface area (Å²) in [6.07, 6.45) is 2.53. The molecular formula is C15H19N5O3. The first kappa shape index (κ1) is 15.4. The van der Waals surface area contributed by atoms with E-state index in [1.54, 1.807) is 29.9 Å². The maximum Gasteiger partial charge on any atom is 0.278 e. The molecule has 0 radical (unpaired) electrons. The maximum absolute atomic E-state index is 12.4. The van der Waals surface area contributed by atoms with E-state index in [4.69, 9.17) is 4.74 Å². The van der Waals surface area contributed by atoms with Gasteiger partial charge in [-0.3, -0.25) is 9.59 Å². The number of hydrogen-bond acceptors (Lipinski definition) is 5. The molecule has 1 N–H and O–H groups in total. The highest BCUT2D eigenvalue weighted by molar-refractivity contribution is 6.03. The first-order chi connectivity index (χ1) is 11.1. The molecule has 1 fully saturated rings. The quantitative estimate of drug-likeness (QED) is 0.908. The van der Waals surface area contributed by atoms with Gasteiger partial charge in [-0.1, -0.05) is 5.21 Å². The molecule has 0 aliphatic carbocycles. The van der Waals surface area contributed by atoms with E-state index in [1.165, 1.54) is 4.57 Å². The SMILES string of the molecule is CCn1cccc(NC(=O)c2nnn(C3CCOC3)c2C)c1=O. The topological polar surface area (TPSA) is 91.0 Å². The number of aromatic nitrogens is 4. The van der Waals surface area contributed by atoms with Gasteiger partial charge in [0.15, 0.2) is 5.69 Å². The van der Waals surface area contributed by atoms with Crippen LogP contribution in [0.1, 0.15) is 35.6 Å². The molecule has 1 aliphatic heterocycles. The Hall–Kier alpha value is -2.48. The number of nitrogens with zero attached hydrogens (tertiary/aromatic N) is 4. The summed E-state index contributed by atoms with van der Waals surface area (Å²) in [6.45, 7) is 5.46. The molecule has 3 rings (SSSR count). The predicted octanol–water partition coefficient (Wildman–Crippen LogP) is 0.982. The summed E-state index contributed by atoms with van der Waals surface area (Å²) < 4.78 is 8.58. The van der Waals surface area contributed by atoms with Crippen LogP contribution in [0, 0.1) is 6.92 Å². The molecule has 2 aromatic heterocycles. The number of anilines is 1. The zero-order chi connectivity index (χ0) is 16.4. The number of rotatable bonds is 4. The van der Waals surface area contributed by atoms with Gasteiger partial charge in [0.2, 0.25) is 0 Å². The molecule has 23 heavy (non-hydrogen) atoms. The Morgan fingerprint density at radius 3 is 3.04 bits per heavy atom. The zero-order valence-corrected chi connectivity index (χ0v) is 13.2. The van der Waals surface area contributed by atoms with Gasteiger partial charge in [-0.2, -0.15) is 0 Å². The molecular weight excluding hydrogens is 298 g/mol. The molecule has 1 atom stereocenters. The Morgan fingerprint density at radius 2 is 2.35 bits per heavy atom. The standard InChI is InChI=1S/C15H19N5O3/c1-3-19-7-4-5-12(15(19)22)16-14(21)13-10(2)20(18-17-13)11-6-8-23-9-11/h4-5,7,11H,3,6,8-9H2,1-2H3,(H,16,21). The normalized spacial score (nSPS) is 17.4. The lowest BCUT2D eigenvalue weighted by atomic mass is 10.2. The summed E-state index contributed by atoms with van der Waals surface area (Å²) in [5.74, 6) is -0.432. The Bertz CT molecular complexity index is 774. The average Bonchev–Trinajstić information content (AvgIpc) is 3.18.